The van der Waals surface area contributed by atoms with E-state index in [1.807, 2.05) is 6.92 Å². The molecule has 0 fully saturated rings. The molecule has 84 valence electrons. The summed E-state index contributed by atoms with van der Waals surface area (Å²) in [6, 6.07) is 0. The Morgan fingerprint density at radius 3 is 2.57 bits per heavy atom. The van der Waals surface area contributed by atoms with Crippen molar-refractivity contribution in [3.05, 3.63) is 0 Å². The molecule has 6 nitrogen and oxygen atoms in total. The fraction of sp³-hybridized carbons (Fsp3) is 0.857. The zero-order chi connectivity index (χ0) is 11.0. The van der Waals surface area contributed by atoms with Crippen LogP contribution in [0, 0.1) is 0 Å². The first-order valence-corrected chi connectivity index (χ1v) is 6.02. The average molecular weight is 224 g/mol. The molecule has 0 aromatic rings. The zero-order valence-corrected chi connectivity index (χ0v) is 8.93. The van der Waals surface area contributed by atoms with Crippen molar-refractivity contribution < 1.29 is 18.3 Å². The summed E-state index contributed by atoms with van der Waals surface area (Å²) in [5.41, 5.74) is 0. The van der Waals surface area contributed by atoms with Gasteiger partial charge in [-0.05, 0) is 6.42 Å². The smallest absolute Gasteiger partial charge is 0.235 e. The first-order chi connectivity index (χ1) is 6.52. The molecule has 3 N–H and O–H groups in total. The monoisotopic (exact) mass is 224 g/mol. The summed E-state index contributed by atoms with van der Waals surface area (Å²) in [4.78, 5) is 11.0. The van der Waals surface area contributed by atoms with Gasteiger partial charge in [0.1, 0.15) is 0 Å². The van der Waals surface area contributed by atoms with Crippen molar-refractivity contribution in [1.82, 2.24) is 10.0 Å². The lowest BCUT2D eigenvalue weighted by Crippen LogP contribution is -2.38. The second kappa shape index (κ2) is 6.74. The molecule has 0 radical (unpaired) electrons. The number of carbonyl (C=O) groups excluding carboxylic acids is 1. The van der Waals surface area contributed by atoms with Crippen molar-refractivity contribution >= 4 is 15.9 Å². The van der Waals surface area contributed by atoms with Gasteiger partial charge in [0, 0.05) is 6.54 Å². The average Bonchev–Trinajstić information content (AvgIpc) is 2.11. The van der Waals surface area contributed by atoms with E-state index in [4.69, 9.17) is 5.11 Å². The minimum Gasteiger partial charge on any atom is -0.395 e. The van der Waals surface area contributed by atoms with E-state index in [0.717, 1.165) is 6.42 Å². The van der Waals surface area contributed by atoms with Crippen LogP contribution in [0.2, 0.25) is 0 Å². The topological polar surface area (TPSA) is 95.5 Å². The van der Waals surface area contributed by atoms with Gasteiger partial charge in [-0.25, -0.2) is 13.1 Å². The van der Waals surface area contributed by atoms with E-state index in [1.165, 1.54) is 0 Å². The highest BCUT2D eigenvalue weighted by Crippen LogP contribution is 1.81. The second-order valence-corrected chi connectivity index (χ2v) is 4.64. The molecule has 0 saturated heterocycles. The van der Waals surface area contributed by atoms with E-state index < -0.39 is 16.6 Å². The summed E-state index contributed by atoms with van der Waals surface area (Å²) in [5, 5.41) is 10.9. The van der Waals surface area contributed by atoms with E-state index >= 15 is 0 Å². The van der Waals surface area contributed by atoms with Gasteiger partial charge in [-0.2, -0.15) is 0 Å². The molecular weight excluding hydrogens is 208 g/mol. The van der Waals surface area contributed by atoms with Gasteiger partial charge in [0.15, 0.2) is 0 Å². The van der Waals surface area contributed by atoms with Gasteiger partial charge >= 0.3 is 0 Å². The lowest BCUT2D eigenvalue weighted by molar-refractivity contribution is -0.119. The van der Waals surface area contributed by atoms with Gasteiger partial charge < -0.3 is 10.4 Å². The van der Waals surface area contributed by atoms with E-state index in [0.29, 0.717) is 6.54 Å². The molecule has 0 aromatic carbocycles. The molecule has 0 saturated carbocycles. The van der Waals surface area contributed by atoms with Crippen LogP contribution in [0.4, 0.5) is 0 Å². The largest absolute Gasteiger partial charge is 0.395 e. The van der Waals surface area contributed by atoms with Crippen molar-refractivity contribution in [2.75, 3.05) is 25.4 Å². The van der Waals surface area contributed by atoms with Gasteiger partial charge in [0.25, 0.3) is 0 Å². The second-order valence-electron chi connectivity index (χ2n) is 2.71. The molecule has 0 spiro atoms. The highest BCUT2D eigenvalue weighted by molar-refractivity contribution is 7.89. The normalized spacial score (nSPS) is 11.3. The predicted molar refractivity (Wildman–Crippen MR) is 52.2 cm³/mol. The molecule has 14 heavy (non-hydrogen) atoms. The van der Waals surface area contributed by atoms with Gasteiger partial charge in [0.05, 0.1) is 18.9 Å². The quantitative estimate of drug-likeness (QED) is 0.486. The van der Waals surface area contributed by atoms with Gasteiger partial charge in [-0.3, -0.25) is 4.79 Å². The maximum Gasteiger partial charge on any atom is 0.235 e. The van der Waals surface area contributed by atoms with Crippen LogP contribution >= 0.6 is 0 Å². The van der Waals surface area contributed by atoms with Crippen LogP contribution in [0.5, 0.6) is 0 Å². The summed E-state index contributed by atoms with van der Waals surface area (Å²) in [5.74, 6) is -0.748. The third-order valence-electron chi connectivity index (χ3n) is 1.38. The number of nitrogens with one attached hydrogen (secondary N) is 2. The fourth-order valence-corrected chi connectivity index (χ4v) is 1.43. The van der Waals surface area contributed by atoms with Crippen molar-refractivity contribution in [1.29, 1.82) is 0 Å². The van der Waals surface area contributed by atoms with Crippen LogP contribution in [-0.4, -0.2) is 44.9 Å². The summed E-state index contributed by atoms with van der Waals surface area (Å²) in [6.45, 7) is 1.70. The number of sulfonamides is 1. The van der Waals surface area contributed by atoms with Crippen molar-refractivity contribution in [2.45, 2.75) is 13.3 Å². The Labute approximate surface area is 83.7 Å². The molecule has 0 atom stereocenters. The molecule has 0 aliphatic heterocycles. The minimum atomic E-state index is -3.51. The molecular formula is C7H16N2O4S. The maximum absolute atomic E-state index is 11.0. The highest BCUT2D eigenvalue weighted by atomic mass is 32.2. The van der Waals surface area contributed by atoms with Crippen molar-refractivity contribution in [2.24, 2.45) is 0 Å². The number of rotatable bonds is 7. The van der Waals surface area contributed by atoms with Crippen molar-refractivity contribution in [3.63, 3.8) is 0 Å². The molecule has 0 aliphatic rings. The van der Waals surface area contributed by atoms with Crippen LogP contribution in [0.1, 0.15) is 13.3 Å². The Morgan fingerprint density at radius 1 is 1.43 bits per heavy atom. The number of carbonyl (C=O) groups is 1. The third kappa shape index (κ3) is 6.81. The van der Waals surface area contributed by atoms with Gasteiger partial charge in [-0.1, -0.05) is 6.92 Å². The third-order valence-corrected chi connectivity index (χ3v) is 2.69. The van der Waals surface area contributed by atoms with E-state index in [2.05, 4.69) is 10.0 Å². The molecule has 0 heterocycles. The lowest BCUT2D eigenvalue weighted by Gasteiger charge is -2.05. The Balaban J connectivity index is 3.76. The maximum atomic E-state index is 11.0. The van der Waals surface area contributed by atoms with E-state index in [1.54, 1.807) is 0 Å². The number of aliphatic hydroxyl groups is 1. The first-order valence-electron chi connectivity index (χ1n) is 4.36. The molecule has 1 amide bonds. The SMILES string of the molecule is CCCNC(=O)CNS(=O)(=O)CCO. The fourth-order valence-electron chi connectivity index (χ4n) is 0.695. The molecule has 7 heteroatoms. The predicted octanol–water partition coefficient (Wildman–Crippen LogP) is -1.58. The number of aliphatic hydroxyl groups excluding tert-OH is 1. The Hall–Kier alpha value is -0.660. The summed E-state index contributed by atoms with van der Waals surface area (Å²) in [6.07, 6.45) is 0.801. The first kappa shape index (κ1) is 13.3. The molecule has 0 aliphatic carbocycles. The highest BCUT2D eigenvalue weighted by Gasteiger charge is 2.10. The molecule has 0 unspecified atom stereocenters. The van der Waals surface area contributed by atoms with Crippen LogP contribution in [-0.2, 0) is 14.8 Å². The standard InChI is InChI=1S/C7H16N2O4S/c1-2-3-8-7(11)6-9-14(12,13)5-4-10/h9-10H,2-6H2,1H3,(H,8,11). The van der Waals surface area contributed by atoms with E-state index in [9.17, 15) is 13.2 Å². The van der Waals surface area contributed by atoms with Crippen LogP contribution in [0.15, 0.2) is 0 Å². The van der Waals surface area contributed by atoms with Crippen LogP contribution < -0.4 is 10.0 Å². The Morgan fingerprint density at radius 2 is 2.07 bits per heavy atom. The Kier molecular flexibility index (Phi) is 6.43. The number of amides is 1. The van der Waals surface area contributed by atoms with Gasteiger partial charge in [0.2, 0.25) is 15.9 Å². The number of hydrogen-bond acceptors (Lipinski definition) is 4. The van der Waals surface area contributed by atoms with Crippen LogP contribution in [0.3, 0.4) is 0 Å². The number of hydrogen-bond donors (Lipinski definition) is 3. The molecule has 0 bridgehead atoms. The Bertz CT molecular complexity index is 263. The lowest BCUT2D eigenvalue weighted by atomic mass is 10.5. The van der Waals surface area contributed by atoms with Crippen molar-refractivity contribution in [3.8, 4) is 0 Å². The summed E-state index contributed by atoms with van der Waals surface area (Å²) < 4.78 is 24.0. The van der Waals surface area contributed by atoms with E-state index in [-0.39, 0.29) is 18.2 Å². The van der Waals surface area contributed by atoms with Crippen LogP contribution in [0.25, 0.3) is 0 Å². The molecule has 0 rings (SSSR count). The van der Waals surface area contributed by atoms with Gasteiger partial charge in [-0.15, -0.1) is 0 Å². The summed E-state index contributed by atoms with van der Waals surface area (Å²) in [7, 11) is -3.51. The summed E-state index contributed by atoms with van der Waals surface area (Å²) >= 11 is 0. The molecule has 0 aromatic heterocycles. The minimum absolute atomic E-state index is 0.275. The zero-order valence-electron chi connectivity index (χ0n) is 8.12.